The molecule has 1 aromatic heterocycles. The van der Waals surface area contributed by atoms with Gasteiger partial charge in [-0.2, -0.15) is 0 Å². The Bertz CT molecular complexity index is 874. The first-order valence-electron chi connectivity index (χ1n) is 7.81. The summed E-state index contributed by atoms with van der Waals surface area (Å²) in [5.41, 5.74) is 0.731. The van der Waals surface area contributed by atoms with Gasteiger partial charge in [0.05, 0.1) is 4.90 Å². The lowest BCUT2D eigenvalue weighted by molar-refractivity contribution is 0.361. The molecule has 0 spiro atoms. The van der Waals surface area contributed by atoms with Crippen molar-refractivity contribution in [1.82, 2.24) is 4.72 Å². The van der Waals surface area contributed by atoms with Gasteiger partial charge in [-0.1, -0.05) is 11.6 Å². The number of fused-ring (bicyclic) bond motifs is 1. The molecule has 128 valence electrons. The minimum Gasteiger partial charge on any atom is -0.428 e. The molecular weight excluding hydrogens is 350 g/mol. The fourth-order valence-electron chi connectivity index (χ4n) is 2.97. The molecule has 0 bridgehead atoms. The Balaban J connectivity index is 1.56. The minimum atomic E-state index is -3.51. The summed E-state index contributed by atoms with van der Waals surface area (Å²) in [6.45, 7) is 0.377. The molecule has 1 aliphatic rings. The summed E-state index contributed by atoms with van der Waals surface area (Å²) in [4.78, 5) is 11.4. The van der Waals surface area contributed by atoms with E-state index in [2.05, 4.69) is 4.72 Å². The van der Waals surface area contributed by atoms with Crippen LogP contribution in [-0.4, -0.2) is 15.0 Å². The van der Waals surface area contributed by atoms with E-state index in [1.165, 1.54) is 18.2 Å². The van der Waals surface area contributed by atoms with Gasteiger partial charge in [-0.25, -0.2) is 17.9 Å². The Morgan fingerprint density at radius 1 is 1.17 bits per heavy atom. The number of benzene rings is 1. The normalized spacial score (nSPS) is 17.5. The fraction of sp³-hybridized carbons (Fsp3) is 0.353. The Morgan fingerprint density at radius 2 is 1.92 bits per heavy atom. The molecule has 0 amide bonds. The highest BCUT2D eigenvalue weighted by Gasteiger charge is 2.21. The SMILES string of the molecule is O=c1ccc2c(o1)CCC(CCNS(=O)(=O)c1ccc(Cl)cc1)C2. The molecular formula is C17H18ClNO4S. The van der Waals surface area contributed by atoms with Crippen molar-refractivity contribution in [2.75, 3.05) is 6.54 Å². The van der Waals surface area contributed by atoms with Crippen LogP contribution in [-0.2, 0) is 22.9 Å². The molecule has 0 saturated heterocycles. The van der Waals surface area contributed by atoms with Gasteiger partial charge in [-0.15, -0.1) is 0 Å². The van der Waals surface area contributed by atoms with Crippen molar-refractivity contribution < 1.29 is 12.8 Å². The maximum atomic E-state index is 12.2. The van der Waals surface area contributed by atoms with E-state index in [0.717, 1.165) is 37.0 Å². The van der Waals surface area contributed by atoms with Crippen molar-refractivity contribution in [3.8, 4) is 0 Å². The molecule has 0 fully saturated rings. The highest BCUT2D eigenvalue weighted by molar-refractivity contribution is 7.89. The van der Waals surface area contributed by atoms with Gasteiger partial charge in [0.25, 0.3) is 0 Å². The molecule has 1 aliphatic carbocycles. The predicted molar refractivity (Wildman–Crippen MR) is 91.8 cm³/mol. The molecule has 24 heavy (non-hydrogen) atoms. The third-order valence-electron chi connectivity index (χ3n) is 4.26. The predicted octanol–water partition coefficient (Wildman–Crippen LogP) is 2.77. The summed E-state index contributed by atoms with van der Waals surface area (Å²) >= 11 is 5.78. The van der Waals surface area contributed by atoms with Gasteiger partial charge in [-0.3, -0.25) is 0 Å². The third-order valence-corrected chi connectivity index (χ3v) is 5.99. The summed E-state index contributed by atoms with van der Waals surface area (Å²) in [7, 11) is -3.51. The standard InChI is InChI=1S/C17H18ClNO4S/c18-14-3-5-15(6-4-14)24(21,22)19-10-9-12-1-7-16-13(11-12)2-8-17(20)23-16/h2-6,8,12,19H,1,7,9-11H2. The summed E-state index contributed by atoms with van der Waals surface area (Å²) in [5, 5.41) is 0.501. The number of aryl methyl sites for hydroxylation is 1. The van der Waals surface area contributed by atoms with Crippen LogP contribution in [0.15, 0.2) is 50.5 Å². The monoisotopic (exact) mass is 367 g/mol. The summed E-state index contributed by atoms with van der Waals surface area (Å²) in [6.07, 6.45) is 3.16. The average Bonchev–Trinajstić information content (AvgIpc) is 2.55. The molecule has 1 unspecified atom stereocenters. The quantitative estimate of drug-likeness (QED) is 0.881. The van der Waals surface area contributed by atoms with Crippen LogP contribution >= 0.6 is 11.6 Å². The molecule has 1 aromatic carbocycles. The minimum absolute atomic E-state index is 0.211. The number of nitrogens with one attached hydrogen (secondary N) is 1. The second-order valence-electron chi connectivity index (χ2n) is 5.95. The number of halogens is 1. The largest absolute Gasteiger partial charge is 0.428 e. The van der Waals surface area contributed by atoms with Crippen molar-refractivity contribution in [1.29, 1.82) is 0 Å². The van der Waals surface area contributed by atoms with Crippen molar-refractivity contribution in [2.24, 2.45) is 5.92 Å². The average molecular weight is 368 g/mol. The second-order valence-corrected chi connectivity index (χ2v) is 8.16. The number of rotatable bonds is 5. The molecule has 0 saturated carbocycles. The number of hydrogen-bond donors (Lipinski definition) is 1. The maximum absolute atomic E-state index is 12.2. The van der Waals surface area contributed by atoms with Crippen LogP contribution in [0.2, 0.25) is 5.02 Å². The lowest BCUT2D eigenvalue weighted by atomic mass is 9.85. The van der Waals surface area contributed by atoms with Crippen LogP contribution < -0.4 is 10.3 Å². The molecule has 1 heterocycles. The van der Waals surface area contributed by atoms with Crippen LogP contribution in [0.5, 0.6) is 0 Å². The van der Waals surface area contributed by atoms with Gasteiger partial charge >= 0.3 is 5.63 Å². The first-order chi connectivity index (χ1) is 11.4. The topological polar surface area (TPSA) is 76.4 Å². The van der Waals surface area contributed by atoms with Crippen LogP contribution in [0.1, 0.15) is 24.2 Å². The zero-order valence-corrected chi connectivity index (χ0v) is 14.6. The Labute approximate surface area is 145 Å². The van der Waals surface area contributed by atoms with Crippen molar-refractivity contribution in [3.63, 3.8) is 0 Å². The van der Waals surface area contributed by atoms with E-state index in [4.69, 9.17) is 16.0 Å². The van der Waals surface area contributed by atoms with E-state index >= 15 is 0 Å². The van der Waals surface area contributed by atoms with E-state index < -0.39 is 10.0 Å². The Hall–Kier alpha value is -1.63. The second kappa shape index (κ2) is 7.09. The maximum Gasteiger partial charge on any atom is 0.335 e. The van der Waals surface area contributed by atoms with Crippen LogP contribution in [0.25, 0.3) is 0 Å². The first kappa shape index (κ1) is 17.2. The van der Waals surface area contributed by atoms with Crippen molar-refractivity contribution >= 4 is 21.6 Å². The first-order valence-corrected chi connectivity index (χ1v) is 9.67. The van der Waals surface area contributed by atoms with E-state index in [1.807, 2.05) is 6.07 Å². The van der Waals surface area contributed by atoms with Crippen molar-refractivity contribution in [2.45, 2.75) is 30.6 Å². The molecule has 5 nitrogen and oxygen atoms in total. The number of sulfonamides is 1. The highest BCUT2D eigenvalue weighted by atomic mass is 35.5. The van der Waals surface area contributed by atoms with Gasteiger partial charge in [0.15, 0.2) is 0 Å². The zero-order valence-electron chi connectivity index (χ0n) is 13.0. The molecule has 0 aliphatic heterocycles. The van der Waals surface area contributed by atoms with Gasteiger partial charge < -0.3 is 4.42 Å². The lowest BCUT2D eigenvalue weighted by Crippen LogP contribution is -2.27. The van der Waals surface area contributed by atoms with Gasteiger partial charge in [0.2, 0.25) is 10.0 Å². The summed E-state index contributed by atoms with van der Waals surface area (Å²) in [6, 6.07) is 9.34. The van der Waals surface area contributed by atoms with Crippen molar-refractivity contribution in [3.05, 3.63) is 63.2 Å². The molecule has 1 N–H and O–H groups in total. The Kier molecular flexibility index (Phi) is 5.08. The van der Waals surface area contributed by atoms with E-state index in [-0.39, 0.29) is 10.5 Å². The van der Waals surface area contributed by atoms with E-state index in [1.54, 1.807) is 12.1 Å². The summed E-state index contributed by atoms with van der Waals surface area (Å²) in [5.74, 6) is 1.14. The van der Waals surface area contributed by atoms with Gasteiger partial charge in [0.1, 0.15) is 5.76 Å². The van der Waals surface area contributed by atoms with Crippen LogP contribution in [0.3, 0.4) is 0 Å². The lowest BCUT2D eigenvalue weighted by Gasteiger charge is -2.23. The van der Waals surface area contributed by atoms with E-state index in [0.29, 0.717) is 17.5 Å². The zero-order chi connectivity index (χ0) is 17.2. The van der Waals surface area contributed by atoms with Crippen LogP contribution in [0, 0.1) is 5.92 Å². The molecule has 1 atom stereocenters. The van der Waals surface area contributed by atoms with Crippen LogP contribution in [0.4, 0.5) is 0 Å². The Morgan fingerprint density at radius 3 is 2.67 bits per heavy atom. The third kappa shape index (κ3) is 4.06. The molecule has 2 aromatic rings. The fourth-order valence-corrected chi connectivity index (χ4v) is 4.14. The molecule has 7 heteroatoms. The van der Waals surface area contributed by atoms with E-state index in [9.17, 15) is 13.2 Å². The molecule has 3 rings (SSSR count). The smallest absolute Gasteiger partial charge is 0.335 e. The van der Waals surface area contributed by atoms with Gasteiger partial charge in [-0.05, 0) is 61.1 Å². The number of hydrogen-bond acceptors (Lipinski definition) is 4. The highest BCUT2D eigenvalue weighted by Crippen LogP contribution is 2.26. The molecule has 0 radical (unpaired) electrons. The summed E-state index contributed by atoms with van der Waals surface area (Å²) < 4.78 is 32.3. The van der Waals surface area contributed by atoms with Gasteiger partial charge in [0, 0.05) is 24.1 Å².